The number of carbonyl (C=O) groups is 1. The molecule has 0 fully saturated rings. The fourth-order valence-corrected chi connectivity index (χ4v) is 6.70. The minimum absolute atomic E-state index is 0.252. The lowest BCUT2D eigenvalue weighted by Crippen LogP contribution is -2.21. The minimum Gasteiger partial charge on any atom is -0.406 e. The maximum absolute atomic E-state index is 14.7. The van der Waals surface area contributed by atoms with E-state index < -0.39 is 36.1 Å². The van der Waals surface area contributed by atoms with Crippen LogP contribution in [0.4, 0.5) is 26.3 Å². The number of rotatable bonds is 8. The van der Waals surface area contributed by atoms with E-state index in [0.717, 1.165) is 0 Å². The van der Waals surface area contributed by atoms with Gasteiger partial charge in [0.25, 0.3) is 0 Å². The maximum Gasteiger partial charge on any atom is 0.573 e. The minimum atomic E-state index is -4.91. The number of halogens is 6. The second-order valence-corrected chi connectivity index (χ2v) is 12.0. The third-order valence-electron chi connectivity index (χ3n) is 8.68. The second-order valence-electron chi connectivity index (χ2n) is 12.0. The Balaban J connectivity index is 1.54. The number of nitrogens with zero attached hydrogens (tertiary/aromatic N) is 2. The highest BCUT2D eigenvalue weighted by Crippen LogP contribution is 2.44. The van der Waals surface area contributed by atoms with E-state index in [1.165, 1.54) is 36.4 Å². The van der Waals surface area contributed by atoms with E-state index in [4.69, 9.17) is 9.97 Å². The fraction of sp³-hybridized carbons (Fsp3) is 0.205. The highest BCUT2D eigenvalue weighted by atomic mass is 19.4. The van der Waals surface area contributed by atoms with Crippen molar-refractivity contribution in [1.29, 1.82) is 0 Å². The lowest BCUT2D eigenvalue weighted by atomic mass is 9.78. The molecule has 256 valence electrons. The number of fused-ring (bicyclic) bond motifs is 2. The molecule has 0 aliphatic carbocycles. The zero-order valence-electron chi connectivity index (χ0n) is 27.3. The van der Waals surface area contributed by atoms with Crippen molar-refractivity contribution < 1.29 is 40.6 Å². The molecule has 50 heavy (non-hydrogen) atoms. The lowest BCUT2D eigenvalue weighted by molar-refractivity contribution is -0.275. The molecule has 0 saturated carbocycles. The monoisotopic (exact) mass is 688 g/mol. The second kappa shape index (κ2) is 13.1. The van der Waals surface area contributed by atoms with Crippen LogP contribution in [0, 0.1) is 13.8 Å². The van der Waals surface area contributed by atoms with Crippen molar-refractivity contribution in [1.82, 2.24) is 9.97 Å². The first-order valence-electron chi connectivity index (χ1n) is 15.7. The Labute approximate surface area is 283 Å². The number of Topliss-reactive ketones (excluding diaryl/α,β-unsaturated/α-hetero) is 1. The number of alkyl halides is 6. The molecule has 5 nitrogen and oxygen atoms in total. The molecule has 0 amide bonds. The van der Waals surface area contributed by atoms with Gasteiger partial charge in [-0.05, 0) is 83.6 Å². The van der Waals surface area contributed by atoms with Gasteiger partial charge in [0.1, 0.15) is 17.3 Å². The highest BCUT2D eigenvalue weighted by molar-refractivity contribution is 6.04. The predicted molar refractivity (Wildman–Crippen MR) is 179 cm³/mol. The Morgan fingerprint density at radius 3 is 1.28 bits per heavy atom. The van der Waals surface area contributed by atoms with Gasteiger partial charge in [0.05, 0.1) is 11.0 Å². The Morgan fingerprint density at radius 1 is 0.580 bits per heavy atom. The smallest absolute Gasteiger partial charge is 0.406 e. The van der Waals surface area contributed by atoms with E-state index in [1.54, 1.807) is 88.4 Å². The molecule has 2 heterocycles. The SMILES string of the molecule is Cc1nc2ccc(OC(F)(F)F)cc2c(-c2ccccc2)c1C(C)C(=O)C(C)c1c(C)nc2ccc(OC(F)(F)F)cc2c1-c1ccccc1. The largest absolute Gasteiger partial charge is 0.573 e. The average molecular weight is 689 g/mol. The van der Waals surface area contributed by atoms with Crippen molar-refractivity contribution in [2.75, 3.05) is 0 Å². The van der Waals surface area contributed by atoms with Gasteiger partial charge < -0.3 is 9.47 Å². The van der Waals surface area contributed by atoms with Gasteiger partial charge in [0.2, 0.25) is 0 Å². The Morgan fingerprint density at radius 2 is 0.940 bits per heavy atom. The molecule has 2 aromatic heterocycles. The van der Waals surface area contributed by atoms with Crippen LogP contribution in [0.25, 0.3) is 44.1 Å². The molecule has 2 atom stereocenters. The normalized spacial score (nSPS) is 13.3. The van der Waals surface area contributed by atoms with Crippen molar-refractivity contribution in [3.8, 4) is 33.8 Å². The summed E-state index contributed by atoms with van der Waals surface area (Å²) >= 11 is 0. The number of ether oxygens (including phenoxy) is 2. The molecule has 0 aliphatic heterocycles. The van der Waals surface area contributed by atoms with Crippen LogP contribution in [-0.2, 0) is 4.79 Å². The Bertz CT molecular complexity index is 2060. The number of pyridine rings is 2. The van der Waals surface area contributed by atoms with Crippen LogP contribution in [0.3, 0.4) is 0 Å². The first kappa shape index (κ1) is 34.4. The summed E-state index contributed by atoms with van der Waals surface area (Å²) < 4.78 is 87.8. The van der Waals surface area contributed by atoms with Gasteiger partial charge in [-0.15, -0.1) is 26.3 Å². The number of ketones is 1. The predicted octanol–water partition coefficient (Wildman–Crippen LogP) is 11.0. The third-order valence-corrected chi connectivity index (χ3v) is 8.68. The van der Waals surface area contributed by atoms with Crippen LogP contribution in [0.5, 0.6) is 11.5 Å². The molecule has 6 aromatic rings. The summed E-state index contributed by atoms with van der Waals surface area (Å²) in [6, 6.07) is 25.8. The molecular weight excluding hydrogens is 658 g/mol. The van der Waals surface area contributed by atoms with Crippen molar-refractivity contribution in [2.24, 2.45) is 0 Å². The summed E-state index contributed by atoms with van der Waals surface area (Å²) in [5.41, 5.74) is 5.34. The number of aromatic nitrogens is 2. The van der Waals surface area contributed by atoms with Gasteiger partial charge in [-0.1, -0.05) is 74.5 Å². The number of hydrogen-bond acceptors (Lipinski definition) is 5. The fourth-order valence-electron chi connectivity index (χ4n) is 6.70. The lowest BCUT2D eigenvalue weighted by Gasteiger charge is -2.26. The standard InChI is InChI=1S/C39H30F6N2O3/c1-21(33-23(3)46-31-17-15-27(49-38(40,41)42)19-29(31)35(33)25-11-7-5-8-12-25)37(48)22(2)34-24(4)47-32-18-16-28(50-39(43,44)45)20-30(32)36(34)26-13-9-6-10-14-26/h5-22H,1-4H3. The van der Waals surface area contributed by atoms with Gasteiger partial charge in [-0.3, -0.25) is 14.8 Å². The molecule has 0 bridgehead atoms. The van der Waals surface area contributed by atoms with E-state index in [-0.39, 0.29) is 5.78 Å². The first-order chi connectivity index (χ1) is 23.6. The number of aryl methyl sites for hydroxylation is 2. The molecular formula is C39H30F6N2O3. The van der Waals surface area contributed by atoms with Gasteiger partial charge in [0.15, 0.2) is 0 Å². The van der Waals surface area contributed by atoms with Crippen LogP contribution < -0.4 is 9.47 Å². The number of hydrogen-bond donors (Lipinski definition) is 0. The van der Waals surface area contributed by atoms with Gasteiger partial charge in [-0.2, -0.15) is 0 Å². The Hall–Kier alpha value is -5.45. The zero-order chi connectivity index (χ0) is 36.0. The quantitative estimate of drug-likeness (QED) is 0.149. The van der Waals surface area contributed by atoms with Crippen LogP contribution >= 0.6 is 0 Å². The van der Waals surface area contributed by atoms with E-state index in [1.807, 2.05) is 0 Å². The van der Waals surface area contributed by atoms with E-state index in [0.29, 0.717) is 66.6 Å². The molecule has 0 saturated heterocycles. The van der Waals surface area contributed by atoms with Crippen LogP contribution in [0.15, 0.2) is 97.1 Å². The van der Waals surface area contributed by atoms with Gasteiger partial charge in [0, 0.05) is 34.0 Å². The third kappa shape index (κ3) is 6.99. The number of benzene rings is 4. The van der Waals surface area contributed by atoms with E-state index >= 15 is 0 Å². The molecule has 0 N–H and O–H groups in total. The van der Waals surface area contributed by atoms with E-state index in [9.17, 15) is 31.1 Å². The van der Waals surface area contributed by atoms with Crippen molar-refractivity contribution >= 4 is 27.6 Å². The van der Waals surface area contributed by atoms with Crippen LogP contribution in [0.1, 0.15) is 48.2 Å². The summed E-state index contributed by atoms with van der Waals surface area (Å²) in [6.45, 7) is 6.93. The number of carbonyl (C=O) groups excluding carboxylic acids is 1. The zero-order valence-corrected chi connectivity index (χ0v) is 27.3. The molecule has 0 spiro atoms. The van der Waals surface area contributed by atoms with Crippen molar-refractivity contribution in [2.45, 2.75) is 52.3 Å². The molecule has 4 aromatic carbocycles. The molecule has 11 heteroatoms. The van der Waals surface area contributed by atoms with Gasteiger partial charge >= 0.3 is 12.7 Å². The maximum atomic E-state index is 14.7. The summed E-state index contributed by atoms with van der Waals surface area (Å²) in [4.78, 5) is 24.1. The average Bonchev–Trinajstić information content (AvgIpc) is 3.06. The van der Waals surface area contributed by atoms with Gasteiger partial charge in [-0.25, -0.2) is 0 Å². The molecule has 2 unspecified atom stereocenters. The summed E-state index contributed by atoms with van der Waals surface area (Å²) in [7, 11) is 0. The van der Waals surface area contributed by atoms with Crippen molar-refractivity contribution in [3.63, 3.8) is 0 Å². The molecule has 0 aliphatic rings. The first-order valence-corrected chi connectivity index (χ1v) is 15.7. The highest BCUT2D eigenvalue weighted by Gasteiger charge is 2.34. The van der Waals surface area contributed by atoms with Crippen LogP contribution in [-0.4, -0.2) is 28.5 Å². The van der Waals surface area contributed by atoms with Crippen LogP contribution in [0.2, 0.25) is 0 Å². The summed E-state index contributed by atoms with van der Waals surface area (Å²) in [6.07, 6.45) is -9.83. The van der Waals surface area contributed by atoms with E-state index in [2.05, 4.69) is 9.47 Å². The Kier molecular flexibility index (Phi) is 9.02. The molecule has 6 rings (SSSR count). The summed E-state index contributed by atoms with van der Waals surface area (Å²) in [5, 5.41) is 0.744. The summed E-state index contributed by atoms with van der Waals surface area (Å²) in [5.74, 6) is -2.76. The molecule has 0 radical (unpaired) electrons. The van der Waals surface area contributed by atoms with Crippen molar-refractivity contribution in [3.05, 3.63) is 120 Å². The topological polar surface area (TPSA) is 61.3 Å².